The number of hydrogen-bond acceptors (Lipinski definition) is 3. The molecule has 0 bridgehead atoms. The summed E-state index contributed by atoms with van der Waals surface area (Å²) in [6.07, 6.45) is 2.70. The van der Waals surface area contributed by atoms with E-state index in [1.54, 1.807) is 7.11 Å². The Hall–Kier alpha value is -1.75. The van der Waals surface area contributed by atoms with Gasteiger partial charge in [0.25, 0.3) is 0 Å². The first-order valence-electron chi connectivity index (χ1n) is 8.51. The third-order valence-corrected chi connectivity index (χ3v) is 4.20. The predicted octanol–water partition coefficient (Wildman–Crippen LogP) is 2.09. The summed E-state index contributed by atoms with van der Waals surface area (Å²) in [5.74, 6) is 2.34. The Morgan fingerprint density at radius 1 is 1.30 bits per heavy atom. The fourth-order valence-corrected chi connectivity index (χ4v) is 2.93. The van der Waals surface area contributed by atoms with E-state index in [1.807, 2.05) is 25.2 Å². The van der Waals surface area contributed by atoms with Crippen LogP contribution in [-0.4, -0.2) is 51.2 Å². The third-order valence-electron chi connectivity index (χ3n) is 4.20. The van der Waals surface area contributed by atoms with Crippen LogP contribution in [-0.2, 0) is 6.54 Å². The number of methoxy groups -OCH3 is 1. The second-order valence-corrected chi connectivity index (χ2v) is 6.27. The first kappa shape index (κ1) is 17.6. The number of likely N-dealkylation sites (tertiary alicyclic amines) is 1. The minimum absolute atomic E-state index is 0.614. The highest BCUT2D eigenvalue weighted by Gasteiger charge is 2.14. The van der Waals surface area contributed by atoms with E-state index in [0.717, 1.165) is 24.8 Å². The lowest BCUT2D eigenvalue weighted by Crippen LogP contribution is -2.41. The van der Waals surface area contributed by atoms with Gasteiger partial charge in [0.2, 0.25) is 0 Å². The highest BCUT2D eigenvalue weighted by Crippen LogP contribution is 2.12. The second-order valence-electron chi connectivity index (χ2n) is 6.27. The molecular formula is C18H30N4O. The number of ether oxygens (including phenoxy) is 1. The molecule has 1 fully saturated rings. The monoisotopic (exact) mass is 318 g/mol. The number of guanidine groups is 1. The van der Waals surface area contributed by atoms with Crippen molar-refractivity contribution in [2.24, 2.45) is 10.9 Å². The minimum atomic E-state index is 0.614. The first-order chi connectivity index (χ1) is 11.2. The van der Waals surface area contributed by atoms with Gasteiger partial charge in [-0.2, -0.15) is 0 Å². The van der Waals surface area contributed by atoms with E-state index in [0.29, 0.717) is 5.92 Å². The number of hydrogen-bond donors (Lipinski definition) is 2. The zero-order valence-electron chi connectivity index (χ0n) is 14.6. The summed E-state index contributed by atoms with van der Waals surface area (Å²) in [5.41, 5.74) is 1.18. The topological polar surface area (TPSA) is 48.9 Å². The van der Waals surface area contributed by atoms with Crippen molar-refractivity contribution >= 4 is 5.96 Å². The van der Waals surface area contributed by atoms with Crippen LogP contribution < -0.4 is 15.4 Å². The van der Waals surface area contributed by atoms with Gasteiger partial charge in [-0.05, 0) is 49.5 Å². The molecule has 1 aliphatic rings. The maximum Gasteiger partial charge on any atom is 0.191 e. The molecule has 0 aliphatic carbocycles. The van der Waals surface area contributed by atoms with Crippen molar-refractivity contribution in [2.75, 3.05) is 40.3 Å². The van der Waals surface area contributed by atoms with E-state index in [2.05, 4.69) is 33.5 Å². The molecule has 5 nitrogen and oxygen atoms in total. The van der Waals surface area contributed by atoms with Crippen molar-refractivity contribution in [3.8, 4) is 5.75 Å². The van der Waals surface area contributed by atoms with E-state index in [-0.39, 0.29) is 0 Å². The molecule has 0 saturated carbocycles. The smallest absolute Gasteiger partial charge is 0.191 e. The Morgan fingerprint density at radius 3 is 2.78 bits per heavy atom. The van der Waals surface area contributed by atoms with Gasteiger partial charge in [-0.15, -0.1) is 0 Å². The van der Waals surface area contributed by atoms with E-state index < -0.39 is 0 Å². The Labute approximate surface area is 140 Å². The number of benzene rings is 1. The van der Waals surface area contributed by atoms with Crippen LogP contribution in [0, 0.1) is 5.92 Å². The maximum atomic E-state index is 5.25. The molecule has 2 N–H and O–H groups in total. The number of aliphatic imine (C=N–C) groups is 1. The lowest BCUT2D eigenvalue weighted by Gasteiger charge is -2.21. The van der Waals surface area contributed by atoms with Gasteiger partial charge in [0.1, 0.15) is 5.75 Å². The van der Waals surface area contributed by atoms with E-state index >= 15 is 0 Å². The van der Waals surface area contributed by atoms with Gasteiger partial charge < -0.3 is 20.3 Å². The third kappa shape index (κ3) is 6.10. The van der Waals surface area contributed by atoms with Crippen LogP contribution in [0.5, 0.6) is 5.75 Å². The van der Waals surface area contributed by atoms with Gasteiger partial charge >= 0.3 is 0 Å². The summed E-state index contributed by atoms with van der Waals surface area (Å²) < 4.78 is 5.25. The largest absolute Gasteiger partial charge is 0.497 e. The van der Waals surface area contributed by atoms with Gasteiger partial charge in [-0.3, -0.25) is 4.99 Å². The highest BCUT2D eigenvalue weighted by atomic mass is 16.5. The summed E-state index contributed by atoms with van der Waals surface area (Å²) >= 11 is 0. The number of rotatable bonds is 7. The van der Waals surface area contributed by atoms with Crippen LogP contribution in [0.3, 0.4) is 0 Å². The molecule has 2 rings (SSSR count). The first-order valence-corrected chi connectivity index (χ1v) is 8.51. The van der Waals surface area contributed by atoms with Crippen LogP contribution in [0.2, 0.25) is 0 Å². The standard InChI is InChI=1S/C18H30N4O/c1-15(14-22-9-4-5-10-22)12-20-18(19-2)21-13-16-7-6-8-17(11-16)23-3/h6-8,11,15H,4-5,9-10,12-14H2,1-3H3,(H2,19,20,21). The molecule has 1 atom stereocenters. The molecule has 0 radical (unpaired) electrons. The van der Waals surface area contributed by atoms with Crippen molar-refractivity contribution in [1.82, 2.24) is 15.5 Å². The fourth-order valence-electron chi connectivity index (χ4n) is 2.93. The van der Waals surface area contributed by atoms with Crippen molar-refractivity contribution < 1.29 is 4.74 Å². The summed E-state index contributed by atoms with van der Waals surface area (Å²) in [6, 6.07) is 8.08. The average molecular weight is 318 g/mol. The molecular weight excluding hydrogens is 288 g/mol. The van der Waals surface area contributed by atoms with Crippen LogP contribution in [0.4, 0.5) is 0 Å². The van der Waals surface area contributed by atoms with Crippen molar-refractivity contribution in [2.45, 2.75) is 26.3 Å². The van der Waals surface area contributed by atoms with E-state index in [4.69, 9.17) is 4.74 Å². The molecule has 0 amide bonds. The quantitative estimate of drug-likeness (QED) is 0.597. The Bertz CT molecular complexity index is 498. The summed E-state index contributed by atoms with van der Waals surface area (Å²) in [7, 11) is 3.50. The second kappa shape index (κ2) is 9.40. The number of nitrogens with one attached hydrogen (secondary N) is 2. The normalized spacial score (nSPS) is 17.1. The predicted molar refractivity (Wildman–Crippen MR) is 96.0 cm³/mol. The molecule has 1 aromatic carbocycles. The molecule has 128 valence electrons. The maximum absolute atomic E-state index is 5.25. The van der Waals surface area contributed by atoms with Crippen molar-refractivity contribution in [3.63, 3.8) is 0 Å². The van der Waals surface area contributed by atoms with Crippen LogP contribution in [0.15, 0.2) is 29.3 Å². The molecule has 0 spiro atoms. The molecule has 1 aliphatic heterocycles. The molecule has 1 aromatic rings. The highest BCUT2D eigenvalue weighted by molar-refractivity contribution is 5.79. The SMILES string of the molecule is CN=C(NCc1cccc(OC)c1)NCC(C)CN1CCCC1. The van der Waals surface area contributed by atoms with Gasteiger partial charge in [0.15, 0.2) is 5.96 Å². The summed E-state index contributed by atoms with van der Waals surface area (Å²) in [5, 5.41) is 6.78. The van der Waals surface area contributed by atoms with Crippen LogP contribution in [0.25, 0.3) is 0 Å². The Kier molecular flexibility index (Phi) is 7.20. The molecule has 1 heterocycles. The average Bonchev–Trinajstić information content (AvgIpc) is 3.08. The zero-order valence-corrected chi connectivity index (χ0v) is 14.6. The Balaban J connectivity index is 1.72. The summed E-state index contributed by atoms with van der Waals surface area (Å²) in [6.45, 7) is 7.65. The Morgan fingerprint density at radius 2 is 2.09 bits per heavy atom. The van der Waals surface area contributed by atoms with Gasteiger partial charge in [-0.25, -0.2) is 0 Å². The van der Waals surface area contributed by atoms with Crippen molar-refractivity contribution in [3.05, 3.63) is 29.8 Å². The molecule has 0 aromatic heterocycles. The lowest BCUT2D eigenvalue weighted by atomic mass is 10.1. The van der Waals surface area contributed by atoms with E-state index in [1.165, 1.54) is 38.0 Å². The number of nitrogens with zero attached hydrogens (tertiary/aromatic N) is 2. The molecule has 5 heteroatoms. The fraction of sp³-hybridized carbons (Fsp3) is 0.611. The van der Waals surface area contributed by atoms with Crippen LogP contribution in [0.1, 0.15) is 25.3 Å². The summed E-state index contributed by atoms with van der Waals surface area (Å²) in [4.78, 5) is 6.85. The minimum Gasteiger partial charge on any atom is -0.497 e. The van der Waals surface area contributed by atoms with Crippen LogP contribution >= 0.6 is 0 Å². The molecule has 23 heavy (non-hydrogen) atoms. The molecule has 1 saturated heterocycles. The van der Waals surface area contributed by atoms with Gasteiger partial charge in [0, 0.05) is 26.7 Å². The van der Waals surface area contributed by atoms with Gasteiger partial charge in [0.05, 0.1) is 7.11 Å². The zero-order chi connectivity index (χ0) is 16.5. The van der Waals surface area contributed by atoms with E-state index in [9.17, 15) is 0 Å². The lowest BCUT2D eigenvalue weighted by molar-refractivity contribution is 0.287. The van der Waals surface area contributed by atoms with Crippen molar-refractivity contribution in [1.29, 1.82) is 0 Å². The van der Waals surface area contributed by atoms with Gasteiger partial charge in [-0.1, -0.05) is 19.1 Å². The molecule has 1 unspecified atom stereocenters.